The zero-order valence-corrected chi connectivity index (χ0v) is 14.6. The second kappa shape index (κ2) is 11.2. The smallest absolute Gasteiger partial charge is 0.228 e. The molecule has 20 heavy (non-hydrogen) atoms. The highest BCUT2D eigenvalue weighted by Gasteiger charge is 2.37. The fourth-order valence-corrected chi connectivity index (χ4v) is 3.10. The number of nitrogens with zero attached hydrogens (tertiary/aromatic N) is 1. The highest BCUT2D eigenvalue weighted by molar-refractivity contribution is 5.82. The van der Waals surface area contributed by atoms with Crippen LogP contribution in [0.15, 0.2) is 0 Å². The molecular formula is C18H37NO. The molecule has 0 aliphatic carbocycles. The van der Waals surface area contributed by atoms with Crippen LogP contribution >= 0.6 is 0 Å². The summed E-state index contributed by atoms with van der Waals surface area (Å²) < 4.78 is 0. The van der Waals surface area contributed by atoms with Gasteiger partial charge in [0.05, 0.1) is 0 Å². The molecule has 0 heterocycles. The van der Waals surface area contributed by atoms with Crippen molar-refractivity contribution in [2.24, 2.45) is 5.41 Å². The molecular weight excluding hydrogens is 246 g/mol. The van der Waals surface area contributed by atoms with Crippen molar-refractivity contribution in [3.8, 4) is 0 Å². The third-order valence-corrected chi connectivity index (χ3v) is 4.70. The van der Waals surface area contributed by atoms with E-state index in [2.05, 4.69) is 34.6 Å². The Labute approximate surface area is 127 Å². The molecule has 0 saturated carbocycles. The van der Waals surface area contributed by atoms with Crippen molar-refractivity contribution in [1.82, 2.24) is 4.90 Å². The maximum atomic E-state index is 13.0. The van der Waals surface area contributed by atoms with E-state index in [1.54, 1.807) is 0 Å². The van der Waals surface area contributed by atoms with Gasteiger partial charge in [0, 0.05) is 18.5 Å². The van der Waals surface area contributed by atoms with Crippen LogP contribution in [0.5, 0.6) is 0 Å². The maximum absolute atomic E-state index is 13.0. The normalized spacial score (nSPS) is 14.1. The number of carbonyl (C=O) groups is 1. The molecule has 0 radical (unpaired) electrons. The number of unbranched alkanes of at least 4 members (excludes halogenated alkanes) is 4. The largest absolute Gasteiger partial charge is 0.343 e. The topological polar surface area (TPSA) is 20.3 Å². The minimum atomic E-state index is -0.0875. The summed E-state index contributed by atoms with van der Waals surface area (Å²) in [6.07, 6.45) is 10.5. The molecule has 0 fully saturated rings. The summed E-state index contributed by atoms with van der Waals surface area (Å²) in [4.78, 5) is 15.0. The van der Waals surface area contributed by atoms with Crippen LogP contribution in [0.1, 0.15) is 92.4 Å². The lowest BCUT2D eigenvalue weighted by molar-refractivity contribution is -0.143. The van der Waals surface area contributed by atoms with E-state index in [0.717, 1.165) is 32.4 Å². The van der Waals surface area contributed by atoms with E-state index in [-0.39, 0.29) is 5.41 Å². The Morgan fingerprint density at radius 2 is 1.35 bits per heavy atom. The first-order chi connectivity index (χ1) is 9.61. The Morgan fingerprint density at radius 1 is 0.800 bits per heavy atom. The number of hydrogen-bond donors (Lipinski definition) is 0. The van der Waals surface area contributed by atoms with E-state index in [1.165, 1.54) is 38.5 Å². The SMILES string of the molecule is CCCCCCC(CC)(CCCC)C(=O)N(CC)CC. The van der Waals surface area contributed by atoms with Crippen molar-refractivity contribution in [2.75, 3.05) is 13.1 Å². The molecule has 1 atom stereocenters. The van der Waals surface area contributed by atoms with Crippen molar-refractivity contribution in [3.05, 3.63) is 0 Å². The molecule has 0 rings (SSSR count). The summed E-state index contributed by atoms with van der Waals surface area (Å²) in [5.41, 5.74) is -0.0875. The molecule has 0 N–H and O–H groups in total. The molecule has 0 aromatic carbocycles. The highest BCUT2D eigenvalue weighted by atomic mass is 16.2. The van der Waals surface area contributed by atoms with E-state index in [0.29, 0.717) is 5.91 Å². The summed E-state index contributed by atoms with van der Waals surface area (Å²) in [7, 11) is 0. The molecule has 2 heteroatoms. The van der Waals surface area contributed by atoms with Crippen molar-refractivity contribution in [2.45, 2.75) is 92.4 Å². The summed E-state index contributed by atoms with van der Waals surface area (Å²) in [6.45, 7) is 12.6. The lowest BCUT2D eigenvalue weighted by atomic mass is 9.74. The molecule has 2 nitrogen and oxygen atoms in total. The third kappa shape index (κ3) is 5.85. The molecule has 0 aliphatic rings. The van der Waals surface area contributed by atoms with Gasteiger partial charge in [-0.3, -0.25) is 4.79 Å². The molecule has 0 aromatic heterocycles. The van der Waals surface area contributed by atoms with E-state index in [9.17, 15) is 4.79 Å². The fraction of sp³-hybridized carbons (Fsp3) is 0.944. The Kier molecular flexibility index (Phi) is 10.9. The lowest BCUT2D eigenvalue weighted by Crippen LogP contribution is -2.43. The van der Waals surface area contributed by atoms with Crippen LogP contribution in [-0.4, -0.2) is 23.9 Å². The van der Waals surface area contributed by atoms with E-state index >= 15 is 0 Å². The molecule has 120 valence electrons. The second-order valence-electron chi connectivity index (χ2n) is 6.03. The van der Waals surface area contributed by atoms with Crippen LogP contribution in [0.25, 0.3) is 0 Å². The van der Waals surface area contributed by atoms with E-state index < -0.39 is 0 Å². The van der Waals surface area contributed by atoms with Gasteiger partial charge in [-0.25, -0.2) is 0 Å². The van der Waals surface area contributed by atoms with Gasteiger partial charge in [-0.1, -0.05) is 59.3 Å². The number of hydrogen-bond acceptors (Lipinski definition) is 1. The van der Waals surface area contributed by atoms with Gasteiger partial charge in [-0.05, 0) is 33.1 Å². The minimum Gasteiger partial charge on any atom is -0.343 e. The average molecular weight is 284 g/mol. The van der Waals surface area contributed by atoms with Crippen molar-refractivity contribution in [1.29, 1.82) is 0 Å². The van der Waals surface area contributed by atoms with Crippen LogP contribution in [0.2, 0.25) is 0 Å². The van der Waals surface area contributed by atoms with Crippen LogP contribution < -0.4 is 0 Å². The van der Waals surface area contributed by atoms with Crippen molar-refractivity contribution >= 4 is 5.91 Å². The molecule has 0 bridgehead atoms. The highest BCUT2D eigenvalue weighted by Crippen LogP contribution is 2.37. The van der Waals surface area contributed by atoms with E-state index in [1.807, 2.05) is 4.90 Å². The lowest BCUT2D eigenvalue weighted by Gasteiger charge is -2.36. The molecule has 0 saturated heterocycles. The maximum Gasteiger partial charge on any atom is 0.228 e. The Bertz CT molecular complexity index is 248. The van der Waals surface area contributed by atoms with Gasteiger partial charge in [0.1, 0.15) is 0 Å². The van der Waals surface area contributed by atoms with Gasteiger partial charge in [0.2, 0.25) is 5.91 Å². The van der Waals surface area contributed by atoms with Gasteiger partial charge in [-0.15, -0.1) is 0 Å². The minimum absolute atomic E-state index is 0.0875. The van der Waals surface area contributed by atoms with Crippen molar-refractivity contribution in [3.63, 3.8) is 0 Å². The monoisotopic (exact) mass is 283 g/mol. The Hall–Kier alpha value is -0.530. The van der Waals surface area contributed by atoms with Crippen LogP contribution in [0.4, 0.5) is 0 Å². The first-order valence-corrected chi connectivity index (χ1v) is 8.91. The van der Waals surface area contributed by atoms with Crippen molar-refractivity contribution < 1.29 is 4.79 Å². The first kappa shape index (κ1) is 19.5. The summed E-state index contributed by atoms with van der Waals surface area (Å²) >= 11 is 0. The molecule has 0 spiro atoms. The van der Waals surface area contributed by atoms with Gasteiger partial charge < -0.3 is 4.90 Å². The number of carbonyl (C=O) groups excluding carboxylic acids is 1. The third-order valence-electron chi connectivity index (χ3n) is 4.70. The fourth-order valence-electron chi connectivity index (χ4n) is 3.10. The van der Waals surface area contributed by atoms with Crippen LogP contribution in [0.3, 0.4) is 0 Å². The van der Waals surface area contributed by atoms with Crippen LogP contribution in [0, 0.1) is 5.41 Å². The predicted molar refractivity (Wildman–Crippen MR) is 88.9 cm³/mol. The summed E-state index contributed by atoms with van der Waals surface area (Å²) in [5.74, 6) is 0.412. The molecule has 0 aromatic rings. The second-order valence-corrected chi connectivity index (χ2v) is 6.03. The predicted octanol–water partition coefficient (Wildman–Crippen LogP) is 5.41. The zero-order valence-electron chi connectivity index (χ0n) is 14.6. The molecule has 1 unspecified atom stereocenters. The van der Waals surface area contributed by atoms with Gasteiger partial charge in [-0.2, -0.15) is 0 Å². The standard InChI is InChI=1S/C18H37NO/c1-6-11-13-14-16-18(8-3,15-12-7-2)17(20)19(9-4)10-5/h6-16H2,1-5H3. The summed E-state index contributed by atoms with van der Waals surface area (Å²) in [6, 6.07) is 0. The number of amides is 1. The summed E-state index contributed by atoms with van der Waals surface area (Å²) in [5, 5.41) is 0. The Morgan fingerprint density at radius 3 is 1.80 bits per heavy atom. The average Bonchev–Trinajstić information content (AvgIpc) is 2.48. The van der Waals surface area contributed by atoms with Gasteiger partial charge in [0.15, 0.2) is 0 Å². The van der Waals surface area contributed by atoms with Gasteiger partial charge >= 0.3 is 0 Å². The first-order valence-electron chi connectivity index (χ1n) is 8.91. The number of rotatable bonds is 12. The van der Waals surface area contributed by atoms with Gasteiger partial charge in [0.25, 0.3) is 0 Å². The quantitative estimate of drug-likeness (QED) is 0.438. The van der Waals surface area contributed by atoms with Crippen LogP contribution in [-0.2, 0) is 4.79 Å². The zero-order chi connectivity index (χ0) is 15.4. The molecule has 1 amide bonds. The Balaban J connectivity index is 4.84. The molecule has 0 aliphatic heterocycles. The van der Waals surface area contributed by atoms with E-state index in [4.69, 9.17) is 0 Å².